The van der Waals surface area contributed by atoms with Gasteiger partial charge < -0.3 is 9.64 Å². The minimum absolute atomic E-state index is 0.645. The zero-order chi connectivity index (χ0) is 19.6. The van der Waals surface area contributed by atoms with Gasteiger partial charge in [0.1, 0.15) is 5.75 Å². The summed E-state index contributed by atoms with van der Waals surface area (Å²) in [5.74, 6) is 0.839. The standard InChI is InChI=1S/C23H26N4O/c1-25-21-7-11-23(12-8-21)28-18-4-2-3-13-26-14-16-27(17-15-26)22-9-5-20(19-24)6-10-22/h5-12H,2-4,13-18H2. The number of ether oxygens (including phenoxy) is 1. The predicted octanol–water partition coefficient (Wildman–Crippen LogP) is 4.48. The van der Waals surface area contributed by atoms with Crippen LogP contribution in [0.3, 0.4) is 0 Å². The Kier molecular flexibility index (Phi) is 7.29. The molecule has 2 aromatic carbocycles. The van der Waals surface area contributed by atoms with Crippen LogP contribution in [0, 0.1) is 17.9 Å². The van der Waals surface area contributed by atoms with E-state index in [9.17, 15) is 0 Å². The van der Waals surface area contributed by atoms with E-state index in [4.69, 9.17) is 16.6 Å². The van der Waals surface area contributed by atoms with E-state index in [1.54, 1.807) is 12.1 Å². The highest BCUT2D eigenvalue weighted by molar-refractivity contribution is 5.50. The fraction of sp³-hybridized carbons (Fsp3) is 0.391. The topological polar surface area (TPSA) is 43.9 Å². The van der Waals surface area contributed by atoms with Crippen molar-refractivity contribution in [1.82, 2.24) is 4.90 Å². The molecule has 0 spiro atoms. The molecule has 5 heteroatoms. The first-order chi connectivity index (χ1) is 13.8. The molecule has 3 rings (SSSR count). The van der Waals surface area contributed by atoms with E-state index < -0.39 is 0 Å². The summed E-state index contributed by atoms with van der Waals surface area (Å²) in [6, 6.07) is 17.3. The van der Waals surface area contributed by atoms with Crippen LogP contribution >= 0.6 is 0 Å². The van der Waals surface area contributed by atoms with Gasteiger partial charge in [0.15, 0.2) is 5.69 Å². The summed E-state index contributed by atoms with van der Waals surface area (Å²) in [5.41, 5.74) is 2.57. The van der Waals surface area contributed by atoms with Crippen molar-refractivity contribution in [3.63, 3.8) is 0 Å². The maximum Gasteiger partial charge on any atom is 0.187 e. The van der Waals surface area contributed by atoms with Gasteiger partial charge >= 0.3 is 0 Å². The van der Waals surface area contributed by atoms with Gasteiger partial charge in [-0.05, 0) is 62.2 Å². The van der Waals surface area contributed by atoms with E-state index in [1.165, 1.54) is 12.1 Å². The zero-order valence-corrected chi connectivity index (χ0v) is 16.2. The van der Waals surface area contributed by atoms with Crippen molar-refractivity contribution in [1.29, 1.82) is 5.26 Å². The van der Waals surface area contributed by atoms with Gasteiger partial charge in [-0.25, -0.2) is 4.85 Å². The second kappa shape index (κ2) is 10.3. The molecule has 1 aliphatic rings. The summed E-state index contributed by atoms with van der Waals surface area (Å²) in [7, 11) is 0. The minimum atomic E-state index is 0.645. The number of piperazine rings is 1. The van der Waals surface area contributed by atoms with Gasteiger partial charge in [0.05, 0.1) is 24.8 Å². The Bertz CT molecular complexity index is 810. The molecule has 2 aromatic rings. The predicted molar refractivity (Wildman–Crippen MR) is 112 cm³/mol. The summed E-state index contributed by atoms with van der Waals surface area (Å²) in [5, 5.41) is 8.90. The van der Waals surface area contributed by atoms with Crippen LogP contribution < -0.4 is 9.64 Å². The van der Waals surface area contributed by atoms with Gasteiger partial charge in [-0.15, -0.1) is 0 Å². The van der Waals surface area contributed by atoms with Crippen LogP contribution in [0.1, 0.15) is 24.8 Å². The summed E-state index contributed by atoms with van der Waals surface area (Å²) in [4.78, 5) is 8.31. The van der Waals surface area contributed by atoms with Gasteiger partial charge in [-0.3, -0.25) is 4.90 Å². The molecule has 1 aliphatic heterocycles. The van der Waals surface area contributed by atoms with Gasteiger partial charge in [0.25, 0.3) is 0 Å². The fourth-order valence-electron chi connectivity index (χ4n) is 3.40. The number of hydrogen-bond donors (Lipinski definition) is 0. The highest BCUT2D eigenvalue weighted by Crippen LogP contribution is 2.19. The van der Waals surface area contributed by atoms with Crippen LogP contribution in [0.2, 0.25) is 0 Å². The average molecular weight is 374 g/mol. The molecule has 1 fully saturated rings. The first-order valence-electron chi connectivity index (χ1n) is 9.86. The lowest BCUT2D eigenvalue weighted by Crippen LogP contribution is -2.46. The van der Waals surface area contributed by atoms with Crippen molar-refractivity contribution in [2.45, 2.75) is 19.3 Å². The molecule has 0 aromatic heterocycles. The average Bonchev–Trinajstić information content (AvgIpc) is 2.77. The summed E-state index contributed by atoms with van der Waals surface area (Å²) in [6.45, 7) is 13.1. The molecule has 0 amide bonds. The highest BCUT2D eigenvalue weighted by atomic mass is 16.5. The van der Waals surface area contributed by atoms with Crippen LogP contribution in [-0.2, 0) is 0 Å². The first kappa shape index (κ1) is 19.7. The van der Waals surface area contributed by atoms with E-state index in [-0.39, 0.29) is 0 Å². The van der Waals surface area contributed by atoms with Crippen molar-refractivity contribution in [2.75, 3.05) is 44.2 Å². The Labute approximate surface area is 167 Å². The Morgan fingerprint density at radius 3 is 2.29 bits per heavy atom. The lowest BCUT2D eigenvalue weighted by Gasteiger charge is -2.36. The quantitative estimate of drug-likeness (QED) is 0.505. The number of benzene rings is 2. The number of hydrogen-bond acceptors (Lipinski definition) is 4. The SMILES string of the molecule is [C-]#[N+]c1ccc(OCCCCCN2CCN(c3ccc(C#N)cc3)CC2)cc1. The van der Waals surface area contributed by atoms with Crippen LogP contribution in [-0.4, -0.2) is 44.2 Å². The maximum absolute atomic E-state index is 8.90. The molecule has 144 valence electrons. The zero-order valence-electron chi connectivity index (χ0n) is 16.2. The van der Waals surface area contributed by atoms with Gasteiger partial charge in [-0.1, -0.05) is 12.1 Å². The van der Waals surface area contributed by atoms with Crippen molar-refractivity contribution < 1.29 is 4.74 Å². The van der Waals surface area contributed by atoms with Crippen LogP contribution in [0.4, 0.5) is 11.4 Å². The van der Waals surface area contributed by atoms with E-state index >= 15 is 0 Å². The van der Waals surface area contributed by atoms with E-state index in [0.717, 1.165) is 57.9 Å². The van der Waals surface area contributed by atoms with Gasteiger partial charge in [-0.2, -0.15) is 5.26 Å². The van der Waals surface area contributed by atoms with E-state index in [2.05, 4.69) is 20.7 Å². The molecule has 0 radical (unpaired) electrons. The molecular formula is C23H26N4O. The van der Waals surface area contributed by atoms with Crippen molar-refractivity contribution >= 4 is 11.4 Å². The van der Waals surface area contributed by atoms with Gasteiger partial charge in [0, 0.05) is 31.9 Å². The van der Waals surface area contributed by atoms with E-state index in [1.807, 2.05) is 36.4 Å². The van der Waals surface area contributed by atoms with E-state index in [0.29, 0.717) is 11.3 Å². The number of anilines is 1. The lowest BCUT2D eigenvalue weighted by atomic mass is 10.2. The number of rotatable bonds is 8. The third-order valence-electron chi connectivity index (χ3n) is 5.09. The Morgan fingerprint density at radius 1 is 0.929 bits per heavy atom. The fourth-order valence-corrected chi connectivity index (χ4v) is 3.40. The second-order valence-corrected chi connectivity index (χ2v) is 7.00. The summed E-state index contributed by atoms with van der Waals surface area (Å²) >= 11 is 0. The minimum Gasteiger partial charge on any atom is -0.494 e. The Hall–Kier alpha value is -3.02. The molecule has 1 heterocycles. The molecule has 0 saturated carbocycles. The summed E-state index contributed by atoms with van der Waals surface area (Å²) < 4.78 is 5.73. The normalized spacial score (nSPS) is 14.3. The monoisotopic (exact) mass is 374 g/mol. The summed E-state index contributed by atoms with van der Waals surface area (Å²) in [6.07, 6.45) is 3.41. The molecule has 0 N–H and O–H groups in total. The first-order valence-corrected chi connectivity index (χ1v) is 9.86. The molecule has 0 bridgehead atoms. The molecule has 5 nitrogen and oxygen atoms in total. The molecule has 1 saturated heterocycles. The molecule has 28 heavy (non-hydrogen) atoms. The molecule has 0 unspecified atom stereocenters. The lowest BCUT2D eigenvalue weighted by molar-refractivity contribution is 0.246. The smallest absolute Gasteiger partial charge is 0.187 e. The molecule has 0 atom stereocenters. The second-order valence-electron chi connectivity index (χ2n) is 7.00. The maximum atomic E-state index is 8.90. The van der Waals surface area contributed by atoms with Crippen LogP contribution in [0.5, 0.6) is 5.75 Å². The Balaban J connectivity index is 1.27. The third kappa shape index (κ3) is 5.74. The van der Waals surface area contributed by atoms with Crippen molar-refractivity contribution in [3.8, 4) is 11.8 Å². The van der Waals surface area contributed by atoms with Crippen molar-refractivity contribution in [2.24, 2.45) is 0 Å². The highest BCUT2D eigenvalue weighted by Gasteiger charge is 2.16. The third-order valence-corrected chi connectivity index (χ3v) is 5.09. The van der Waals surface area contributed by atoms with Crippen molar-refractivity contribution in [3.05, 3.63) is 65.5 Å². The van der Waals surface area contributed by atoms with Crippen LogP contribution in [0.15, 0.2) is 48.5 Å². The number of nitrogens with zero attached hydrogens (tertiary/aromatic N) is 4. The van der Waals surface area contributed by atoms with Gasteiger partial charge in [0.2, 0.25) is 0 Å². The Morgan fingerprint density at radius 2 is 1.64 bits per heavy atom. The van der Waals surface area contributed by atoms with Crippen LogP contribution in [0.25, 0.3) is 4.85 Å². The molecule has 0 aliphatic carbocycles. The molecular weight excluding hydrogens is 348 g/mol. The number of nitriles is 1. The largest absolute Gasteiger partial charge is 0.494 e. The number of unbranched alkanes of at least 4 members (excludes halogenated alkanes) is 2.